The topological polar surface area (TPSA) is 15.3 Å². The fourth-order valence-electron chi connectivity index (χ4n) is 0.958. The van der Waals surface area contributed by atoms with E-state index in [0.29, 0.717) is 5.11 Å². The van der Waals surface area contributed by atoms with E-state index < -0.39 is 0 Å². The minimum atomic E-state index is 0.715. The van der Waals surface area contributed by atoms with Gasteiger partial charge < -0.3 is 10.2 Å². The van der Waals surface area contributed by atoms with Crippen LogP contribution in [0.3, 0.4) is 0 Å². The van der Waals surface area contributed by atoms with Crippen molar-refractivity contribution in [1.82, 2.24) is 4.90 Å². The fourth-order valence-corrected chi connectivity index (χ4v) is 1.32. The second-order valence-electron chi connectivity index (χ2n) is 3.29. The van der Waals surface area contributed by atoms with Gasteiger partial charge in [-0.1, -0.05) is 15.9 Å². The highest BCUT2D eigenvalue weighted by Crippen LogP contribution is 2.20. The molecule has 0 spiro atoms. The fraction of sp³-hybridized carbons (Fsp3) is 0.300. The average molecular weight is 273 g/mol. The van der Waals surface area contributed by atoms with Crippen molar-refractivity contribution in [3.63, 3.8) is 0 Å². The molecule has 1 rings (SSSR count). The first-order valence-corrected chi connectivity index (χ1v) is 5.45. The third-order valence-corrected chi connectivity index (χ3v) is 3.17. The molecular formula is C10H13BrN2S. The first kappa shape index (κ1) is 11.5. The van der Waals surface area contributed by atoms with Crippen LogP contribution >= 0.6 is 28.1 Å². The SMILES string of the molecule is Cc1cc(NC(=S)N(C)C)ccc1Br. The molecule has 1 aromatic rings. The number of benzene rings is 1. The number of hydrogen-bond donors (Lipinski definition) is 1. The second kappa shape index (κ2) is 4.75. The Bertz CT molecular complexity index is 350. The smallest absolute Gasteiger partial charge is 0.172 e. The Labute approximate surface area is 98.4 Å². The Morgan fingerprint density at radius 2 is 2.07 bits per heavy atom. The van der Waals surface area contributed by atoms with Crippen LogP contribution in [0.2, 0.25) is 0 Å². The van der Waals surface area contributed by atoms with Gasteiger partial charge >= 0.3 is 0 Å². The molecule has 0 aliphatic heterocycles. The first-order valence-electron chi connectivity index (χ1n) is 4.25. The lowest BCUT2D eigenvalue weighted by atomic mass is 10.2. The molecule has 0 bridgehead atoms. The molecule has 0 radical (unpaired) electrons. The Morgan fingerprint density at radius 1 is 1.43 bits per heavy atom. The van der Waals surface area contributed by atoms with Gasteiger partial charge in [-0.05, 0) is 42.9 Å². The molecule has 0 amide bonds. The summed E-state index contributed by atoms with van der Waals surface area (Å²) in [6, 6.07) is 6.06. The van der Waals surface area contributed by atoms with Crippen molar-refractivity contribution in [1.29, 1.82) is 0 Å². The van der Waals surface area contributed by atoms with E-state index in [1.165, 1.54) is 5.56 Å². The second-order valence-corrected chi connectivity index (χ2v) is 4.53. The molecule has 1 aromatic carbocycles. The average Bonchev–Trinajstić information content (AvgIpc) is 2.11. The highest BCUT2D eigenvalue weighted by molar-refractivity contribution is 9.10. The van der Waals surface area contributed by atoms with E-state index in [2.05, 4.69) is 27.3 Å². The quantitative estimate of drug-likeness (QED) is 0.792. The summed E-state index contributed by atoms with van der Waals surface area (Å²) in [5.74, 6) is 0. The lowest BCUT2D eigenvalue weighted by molar-refractivity contribution is 0.634. The zero-order chi connectivity index (χ0) is 10.7. The van der Waals surface area contributed by atoms with Crippen LogP contribution in [-0.4, -0.2) is 24.1 Å². The summed E-state index contributed by atoms with van der Waals surface area (Å²) in [7, 11) is 3.84. The van der Waals surface area contributed by atoms with E-state index in [-0.39, 0.29) is 0 Å². The van der Waals surface area contributed by atoms with Gasteiger partial charge in [0.2, 0.25) is 0 Å². The van der Waals surface area contributed by atoms with Gasteiger partial charge in [-0.2, -0.15) is 0 Å². The molecule has 0 saturated carbocycles. The largest absolute Gasteiger partial charge is 0.355 e. The number of thiocarbonyl (C=S) groups is 1. The zero-order valence-electron chi connectivity index (χ0n) is 8.47. The summed E-state index contributed by atoms with van der Waals surface area (Å²) in [6.45, 7) is 2.05. The van der Waals surface area contributed by atoms with Crippen LogP contribution in [0.25, 0.3) is 0 Å². The van der Waals surface area contributed by atoms with Gasteiger partial charge in [-0.3, -0.25) is 0 Å². The summed E-state index contributed by atoms with van der Waals surface area (Å²) >= 11 is 8.59. The minimum absolute atomic E-state index is 0.715. The standard InChI is InChI=1S/C10H13BrN2S/c1-7-6-8(4-5-9(7)11)12-10(14)13(2)3/h4-6H,1-3H3,(H,12,14). The number of halogens is 1. The van der Waals surface area contributed by atoms with Crippen LogP contribution in [-0.2, 0) is 0 Å². The molecule has 76 valence electrons. The maximum absolute atomic E-state index is 5.14. The number of anilines is 1. The van der Waals surface area contributed by atoms with Gasteiger partial charge in [0.05, 0.1) is 0 Å². The van der Waals surface area contributed by atoms with Crippen molar-refractivity contribution in [3.05, 3.63) is 28.2 Å². The van der Waals surface area contributed by atoms with E-state index >= 15 is 0 Å². The first-order chi connectivity index (χ1) is 6.50. The number of hydrogen-bond acceptors (Lipinski definition) is 1. The molecule has 0 aliphatic rings. The number of aryl methyl sites for hydroxylation is 1. The van der Waals surface area contributed by atoms with Gasteiger partial charge in [0.15, 0.2) is 5.11 Å². The van der Waals surface area contributed by atoms with Gasteiger partial charge in [-0.25, -0.2) is 0 Å². The molecule has 0 fully saturated rings. The van der Waals surface area contributed by atoms with Gasteiger partial charge in [0.1, 0.15) is 0 Å². The van der Waals surface area contributed by atoms with Crippen molar-refractivity contribution in [3.8, 4) is 0 Å². The molecule has 0 atom stereocenters. The van der Waals surface area contributed by atoms with Crippen LogP contribution < -0.4 is 5.32 Å². The van der Waals surface area contributed by atoms with Gasteiger partial charge in [-0.15, -0.1) is 0 Å². The van der Waals surface area contributed by atoms with E-state index in [0.717, 1.165) is 10.2 Å². The number of rotatable bonds is 1. The molecule has 0 saturated heterocycles. The van der Waals surface area contributed by atoms with Crippen molar-refractivity contribution >= 4 is 38.9 Å². The van der Waals surface area contributed by atoms with E-state index in [1.54, 1.807) is 0 Å². The van der Waals surface area contributed by atoms with E-state index in [1.807, 2.05) is 38.1 Å². The highest BCUT2D eigenvalue weighted by Gasteiger charge is 2.00. The van der Waals surface area contributed by atoms with Crippen molar-refractivity contribution in [2.75, 3.05) is 19.4 Å². The van der Waals surface area contributed by atoms with Crippen molar-refractivity contribution in [2.45, 2.75) is 6.92 Å². The van der Waals surface area contributed by atoms with Gasteiger partial charge in [0, 0.05) is 24.3 Å². The Hall–Kier alpha value is -0.610. The van der Waals surface area contributed by atoms with Crippen LogP contribution in [0.5, 0.6) is 0 Å². The lowest BCUT2D eigenvalue weighted by Gasteiger charge is -2.15. The zero-order valence-corrected chi connectivity index (χ0v) is 10.9. The third-order valence-electron chi connectivity index (χ3n) is 1.82. The van der Waals surface area contributed by atoms with Crippen LogP contribution in [0.1, 0.15) is 5.56 Å². The Kier molecular flexibility index (Phi) is 3.89. The molecule has 14 heavy (non-hydrogen) atoms. The summed E-state index contributed by atoms with van der Waals surface area (Å²) in [4.78, 5) is 1.87. The Balaban J connectivity index is 2.78. The molecule has 1 N–H and O–H groups in total. The predicted octanol–water partition coefficient (Wildman–Crippen LogP) is 3.02. The predicted molar refractivity (Wildman–Crippen MR) is 68.8 cm³/mol. The van der Waals surface area contributed by atoms with E-state index in [4.69, 9.17) is 12.2 Å². The van der Waals surface area contributed by atoms with Crippen LogP contribution in [0.4, 0.5) is 5.69 Å². The maximum atomic E-state index is 5.14. The monoisotopic (exact) mass is 272 g/mol. The Morgan fingerprint density at radius 3 is 2.57 bits per heavy atom. The molecule has 0 aliphatic carbocycles. The van der Waals surface area contributed by atoms with E-state index in [9.17, 15) is 0 Å². The number of nitrogens with one attached hydrogen (secondary N) is 1. The molecule has 0 aromatic heterocycles. The normalized spacial score (nSPS) is 9.71. The molecule has 4 heteroatoms. The minimum Gasteiger partial charge on any atom is -0.355 e. The van der Waals surface area contributed by atoms with Crippen LogP contribution in [0.15, 0.2) is 22.7 Å². The van der Waals surface area contributed by atoms with Crippen LogP contribution in [0, 0.1) is 6.92 Å². The molecule has 0 heterocycles. The highest BCUT2D eigenvalue weighted by atomic mass is 79.9. The third kappa shape index (κ3) is 2.96. The summed E-state index contributed by atoms with van der Waals surface area (Å²) in [5, 5.41) is 3.86. The molecule has 0 unspecified atom stereocenters. The molecular weight excluding hydrogens is 260 g/mol. The summed E-state index contributed by atoms with van der Waals surface area (Å²) in [6.07, 6.45) is 0. The van der Waals surface area contributed by atoms with Crippen molar-refractivity contribution in [2.24, 2.45) is 0 Å². The summed E-state index contributed by atoms with van der Waals surface area (Å²) in [5.41, 5.74) is 2.21. The summed E-state index contributed by atoms with van der Waals surface area (Å²) < 4.78 is 1.11. The number of nitrogens with zero attached hydrogens (tertiary/aromatic N) is 1. The molecule has 2 nitrogen and oxygen atoms in total. The maximum Gasteiger partial charge on any atom is 0.172 e. The lowest BCUT2D eigenvalue weighted by Crippen LogP contribution is -2.26. The van der Waals surface area contributed by atoms with Crippen molar-refractivity contribution < 1.29 is 0 Å². The van der Waals surface area contributed by atoms with Gasteiger partial charge in [0.25, 0.3) is 0 Å².